The van der Waals surface area contributed by atoms with E-state index in [1.54, 1.807) is 0 Å². The molecule has 4 nitrogen and oxygen atoms in total. The largest absolute Gasteiger partial charge is 0.354 e. The third-order valence-corrected chi connectivity index (χ3v) is 3.69. The van der Waals surface area contributed by atoms with Gasteiger partial charge in [0.2, 0.25) is 0 Å². The summed E-state index contributed by atoms with van der Waals surface area (Å²) in [5.74, 6) is 1.05. The van der Waals surface area contributed by atoms with Crippen LogP contribution in [0.4, 0.5) is 5.82 Å². The van der Waals surface area contributed by atoms with Gasteiger partial charge in [-0.15, -0.1) is 0 Å². The van der Waals surface area contributed by atoms with Gasteiger partial charge in [0.25, 0.3) is 0 Å². The molecule has 1 atom stereocenters. The fourth-order valence-corrected chi connectivity index (χ4v) is 2.51. The minimum atomic E-state index is 0.0816. The van der Waals surface area contributed by atoms with Crippen molar-refractivity contribution in [2.24, 2.45) is 0 Å². The average molecular weight is 258 g/mol. The van der Waals surface area contributed by atoms with Gasteiger partial charge in [-0.25, -0.2) is 4.98 Å². The Balaban J connectivity index is 1.92. The number of hydrogen-bond donors (Lipinski definition) is 0. The highest BCUT2D eigenvalue weighted by atomic mass is 15.3. The Bertz CT molecular complexity index is 426. The van der Waals surface area contributed by atoms with E-state index in [-0.39, 0.29) is 6.04 Å². The fraction of sp³-hybridized carbons (Fsp3) is 0.600. The van der Waals surface area contributed by atoms with Gasteiger partial charge in [-0.2, -0.15) is 5.26 Å². The molecule has 4 heteroatoms. The molecule has 0 radical (unpaired) electrons. The van der Waals surface area contributed by atoms with E-state index in [9.17, 15) is 5.26 Å². The van der Waals surface area contributed by atoms with Crippen molar-refractivity contribution >= 4 is 5.82 Å². The van der Waals surface area contributed by atoms with Crippen molar-refractivity contribution in [1.29, 1.82) is 5.26 Å². The van der Waals surface area contributed by atoms with Gasteiger partial charge in [0.15, 0.2) is 0 Å². The Kier molecular flexibility index (Phi) is 4.75. The summed E-state index contributed by atoms with van der Waals surface area (Å²) in [6.45, 7) is 8.01. The first-order valence-corrected chi connectivity index (χ1v) is 7.06. The van der Waals surface area contributed by atoms with E-state index in [4.69, 9.17) is 0 Å². The molecule has 1 aromatic heterocycles. The number of piperazine rings is 1. The van der Waals surface area contributed by atoms with Crippen molar-refractivity contribution < 1.29 is 0 Å². The zero-order valence-electron chi connectivity index (χ0n) is 11.8. The Labute approximate surface area is 115 Å². The SMILES string of the molecule is CCCC(C#N)N1CCN(c2ccc(C)cn2)CC1. The average Bonchev–Trinajstić information content (AvgIpc) is 2.46. The highest BCUT2D eigenvalue weighted by Gasteiger charge is 2.23. The van der Waals surface area contributed by atoms with Gasteiger partial charge < -0.3 is 4.90 Å². The number of pyridine rings is 1. The van der Waals surface area contributed by atoms with Crippen LogP contribution in [0.1, 0.15) is 25.3 Å². The van der Waals surface area contributed by atoms with E-state index in [0.29, 0.717) is 0 Å². The van der Waals surface area contributed by atoms with E-state index in [1.165, 1.54) is 5.56 Å². The van der Waals surface area contributed by atoms with Crippen LogP contribution in [0, 0.1) is 18.3 Å². The number of rotatable bonds is 4. The molecule has 1 aromatic rings. The predicted octanol–water partition coefficient (Wildman–Crippen LogP) is 2.20. The van der Waals surface area contributed by atoms with Crippen molar-refractivity contribution in [3.8, 4) is 6.07 Å². The van der Waals surface area contributed by atoms with Gasteiger partial charge in [0.1, 0.15) is 5.82 Å². The number of aryl methyl sites for hydroxylation is 1. The molecule has 0 spiro atoms. The van der Waals surface area contributed by atoms with E-state index >= 15 is 0 Å². The molecule has 0 aromatic carbocycles. The number of anilines is 1. The molecular formula is C15H22N4. The third kappa shape index (κ3) is 3.45. The molecule has 1 saturated heterocycles. The van der Waals surface area contributed by atoms with E-state index in [0.717, 1.165) is 44.8 Å². The van der Waals surface area contributed by atoms with Gasteiger partial charge in [-0.3, -0.25) is 4.90 Å². The van der Waals surface area contributed by atoms with Crippen molar-refractivity contribution in [2.75, 3.05) is 31.1 Å². The maximum atomic E-state index is 9.21. The maximum Gasteiger partial charge on any atom is 0.128 e. The smallest absolute Gasteiger partial charge is 0.128 e. The third-order valence-electron chi connectivity index (χ3n) is 3.69. The van der Waals surface area contributed by atoms with Crippen molar-refractivity contribution in [3.05, 3.63) is 23.9 Å². The molecule has 0 N–H and O–H groups in total. The lowest BCUT2D eigenvalue weighted by Gasteiger charge is -2.37. The summed E-state index contributed by atoms with van der Waals surface area (Å²) in [6, 6.07) is 6.69. The van der Waals surface area contributed by atoms with Crippen LogP contribution in [0.15, 0.2) is 18.3 Å². The van der Waals surface area contributed by atoms with Crippen molar-refractivity contribution in [2.45, 2.75) is 32.7 Å². The van der Waals surface area contributed by atoms with Gasteiger partial charge in [0.05, 0.1) is 12.1 Å². The van der Waals surface area contributed by atoms with E-state index in [1.807, 2.05) is 6.20 Å². The topological polar surface area (TPSA) is 43.2 Å². The van der Waals surface area contributed by atoms with Gasteiger partial charge in [-0.05, 0) is 25.0 Å². The highest BCUT2D eigenvalue weighted by Crippen LogP contribution is 2.16. The molecule has 19 heavy (non-hydrogen) atoms. The van der Waals surface area contributed by atoms with Crippen LogP contribution in [0.3, 0.4) is 0 Å². The molecule has 1 unspecified atom stereocenters. The minimum absolute atomic E-state index is 0.0816. The molecule has 1 fully saturated rings. The molecule has 1 aliphatic rings. The molecule has 0 amide bonds. The first kappa shape index (κ1) is 13.8. The number of hydrogen-bond acceptors (Lipinski definition) is 4. The first-order valence-electron chi connectivity index (χ1n) is 7.06. The summed E-state index contributed by atoms with van der Waals surface area (Å²) in [6.07, 6.45) is 3.95. The standard InChI is InChI=1S/C15H22N4/c1-3-4-14(11-16)18-7-9-19(10-8-18)15-6-5-13(2)12-17-15/h5-6,12,14H,3-4,7-10H2,1-2H3. The zero-order valence-corrected chi connectivity index (χ0v) is 11.8. The lowest BCUT2D eigenvalue weighted by Crippen LogP contribution is -2.50. The van der Waals surface area contributed by atoms with E-state index in [2.05, 4.69) is 46.8 Å². The zero-order chi connectivity index (χ0) is 13.7. The van der Waals surface area contributed by atoms with Crippen LogP contribution < -0.4 is 4.90 Å². The Morgan fingerprint density at radius 1 is 1.32 bits per heavy atom. The molecule has 1 aliphatic heterocycles. The first-order chi connectivity index (χ1) is 9.24. The summed E-state index contributed by atoms with van der Waals surface area (Å²) >= 11 is 0. The second-order valence-corrected chi connectivity index (χ2v) is 5.15. The summed E-state index contributed by atoms with van der Waals surface area (Å²) in [5.41, 5.74) is 1.19. The van der Waals surface area contributed by atoms with Crippen LogP contribution >= 0.6 is 0 Å². The van der Waals surface area contributed by atoms with Gasteiger partial charge >= 0.3 is 0 Å². The Hall–Kier alpha value is -1.60. The normalized spacial score (nSPS) is 18.1. The molecule has 2 heterocycles. The summed E-state index contributed by atoms with van der Waals surface area (Å²) in [5, 5.41) is 9.21. The molecule has 2 rings (SSSR count). The number of nitriles is 1. The van der Waals surface area contributed by atoms with Gasteiger partial charge in [0, 0.05) is 32.4 Å². The monoisotopic (exact) mass is 258 g/mol. The molecular weight excluding hydrogens is 236 g/mol. The predicted molar refractivity (Wildman–Crippen MR) is 77.1 cm³/mol. The second kappa shape index (κ2) is 6.53. The molecule has 0 aliphatic carbocycles. The lowest BCUT2D eigenvalue weighted by atomic mass is 10.1. The Morgan fingerprint density at radius 3 is 2.58 bits per heavy atom. The maximum absolute atomic E-state index is 9.21. The minimum Gasteiger partial charge on any atom is -0.354 e. The fourth-order valence-electron chi connectivity index (χ4n) is 2.51. The van der Waals surface area contributed by atoms with Crippen LogP contribution in [0.5, 0.6) is 0 Å². The van der Waals surface area contributed by atoms with Crippen LogP contribution in [0.25, 0.3) is 0 Å². The van der Waals surface area contributed by atoms with E-state index < -0.39 is 0 Å². The number of aromatic nitrogens is 1. The van der Waals surface area contributed by atoms with Crippen molar-refractivity contribution in [1.82, 2.24) is 9.88 Å². The molecule has 0 saturated carbocycles. The highest BCUT2D eigenvalue weighted by molar-refractivity contribution is 5.39. The van der Waals surface area contributed by atoms with Gasteiger partial charge in [-0.1, -0.05) is 19.4 Å². The second-order valence-electron chi connectivity index (χ2n) is 5.15. The van der Waals surface area contributed by atoms with Crippen LogP contribution in [-0.2, 0) is 0 Å². The summed E-state index contributed by atoms with van der Waals surface area (Å²) < 4.78 is 0. The Morgan fingerprint density at radius 2 is 2.05 bits per heavy atom. The molecule has 0 bridgehead atoms. The summed E-state index contributed by atoms with van der Waals surface area (Å²) in [7, 11) is 0. The lowest BCUT2D eigenvalue weighted by molar-refractivity contribution is 0.211. The van der Waals surface area contributed by atoms with Crippen LogP contribution in [0.2, 0.25) is 0 Å². The van der Waals surface area contributed by atoms with Crippen LogP contribution in [-0.4, -0.2) is 42.1 Å². The summed E-state index contributed by atoms with van der Waals surface area (Å²) in [4.78, 5) is 9.07. The van der Waals surface area contributed by atoms with Crippen molar-refractivity contribution in [3.63, 3.8) is 0 Å². The number of nitrogens with zero attached hydrogens (tertiary/aromatic N) is 4. The molecule has 102 valence electrons. The quantitative estimate of drug-likeness (QED) is 0.830.